The summed E-state index contributed by atoms with van der Waals surface area (Å²) in [6, 6.07) is 16.0. The maximum Gasteiger partial charge on any atom is 0.163 e. The SMILES string of the molecule is COc1c(CCN)cccc1OCc1ccccc1. The van der Waals surface area contributed by atoms with Crippen LogP contribution in [0.4, 0.5) is 0 Å². The molecule has 3 nitrogen and oxygen atoms in total. The molecule has 0 heterocycles. The summed E-state index contributed by atoms with van der Waals surface area (Å²) in [6.45, 7) is 1.13. The van der Waals surface area contributed by atoms with Crippen molar-refractivity contribution in [1.29, 1.82) is 0 Å². The molecular weight excluding hydrogens is 238 g/mol. The minimum atomic E-state index is 0.531. The first-order valence-corrected chi connectivity index (χ1v) is 6.38. The van der Waals surface area contributed by atoms with Gasteiger partial charge in [0.25, 0.3) is 0 Å². The first-order chi connectivity index (χ1) is 9.35. The van der Waals surface area contributed by atoms with Crippen molar-refractivity contribution in [3.05, 3.63) is 59.7 Å². The van der Waals surface area contributed by atoms with Gasteiger partial charge < -0.3 is 15.2 Å². The van der Waals surface area contributed by atoms with Gasteiger partial charge in [0.2, 0.25) is 0 Å². The number of nitrogens with two attached hydrogens (primary N) is 1. The molecule has 0 aliphatic carbocycles. The molecule has 2 aromatic rings. The first kappa shape index (κ1) is 13.4. The van der Waals surface area contributed by atoms with Gasteiger partial charge in [-0.05, 0) is 30.2 Å². The van der Waals surface area contributed by atoms with Gasteiger partial charge in [0.05, 0.1) is 7.11 Å². The van der Waals surface area contributed by atoms with Crippen molar-refractivity contribution in [2.24, 2.45) is 5.73 Å². The minimum Gasteiger partial charge on any atom is -0.493 e. The topological polar surface area (TPSA) is 44.5 Å². The highest BCUT2D eigenvalue weighted by Crippen LogP contribution is 2.31. The zero-order chi connectivity index (χ0) is 13.5. The van der Waals surface area contributed by atoms with E-state index in [1.54, 1.807) is 7.11 Å². The summed E-state index contributed by atoms with van der Waals surface area (Å²) in [5, 5.41) is 0. The Bertz CT molecular complexity index is 511. The summed E-state index contributed by atoms with van der Waals surface area (Å²) in [7, 11) is 1.66. The van der Waals surface area contributed by atoms with Gasteiger partial charge in [0, 0.05) is 0 Å². The zero-order valence-electron chi connectivity index (χ0n) is 11.1. The van der Waals surface area contributed by atoms with Gasteiger partial charge in [0.1, 0.15) is 6.61 Å². The number of hydrogen-bond donors (Lipinski definition) is 1. The second kappa shape index (κ2) is 6.81. The monoisotopic (exact) mass is 257 g/mol. The van der Waals surface area contributed by atoms with E-state index in [1.807, 2.05) is 48.5 Å². The number of rotatable bonds is 6. The lowest BCUT2D eigenvalue weighted by Gasteiger charge is -2.14. The average molecular weight is 257 g/mol. The van der Waals surface area contributed by atoms with Crippen LogP contribution < -0.4 is 15.2 Å². The van der Waals surface area contributed by atoms with Crippen LogP contribution in [0.2, 0.25) is 0 Å². The van der Waals surface area contributed by atoms with Crippen LogP contribution in [-0.4, -0.2) is 13.7 Å². The van der Waals surface area contributed by atoms with Crippen molar-refractivity contribution in [3.8, 4) is 11.5 Å². The van der Waals surface area contributed by atoms with Crippen molar-refractivity contribution >= 4 is 0 Å². The van der Waals surface area contributed by atoms with Gasteiger partial charge in [-0.15, -0.1) is 0 Å². The molecule has 0 aliphatic rings. The predicted molar refractivity (Wildman–Crippen MR) is 76.5 cm³/mol. The Morgan fingerprint density at radius 3 is 2.47 bits per heavy atom. The van der Waals surface area contributed by atoms with E-state index in [-0.39, 0.29) is 0 Å². The Balaban J connectivity index is 2.13. The van der Waals surface area contributed by atoms with Gasteiger partial charge in [-0.3, -0.25) is 0 Å². The van der Waals surface area contributed by atoms with E-state index in [0.29, 0.717) is 13.2 Å². The van der Waals surface area contributed by atoms with E-state index >= 15 is 0 Å². The number of benzene rings is 2. The van der Waals surface area contributed by atoms with Crippen molar-refractivity contribution in [2.75, 3.05) is 13.7 Å². The maximum absolute atomic E-state index is 5.84. The quantitative estimate of drug-likeness (QED) is 0.865. The zero-order valence-corrected chi connectivity index (χ0v) is 11.1. The Morgan fingerprint density at radius 2 is 1.79 bits per heavy atom. The normalized spacial score (nSPS) is 10.2. The third-order valence-corrected chi connectivity index (χ3v) is 2.92. The highest BCUT2D eigenvalue weighted by atomic mass is 16.5. The third kappa shape index (κ3) is 3.48. The number of hydrogen-bond acceptors (Lipinski definition) is 3. The lowest BCUT2D eigenvalue weighted by atomic mass is 10.1. The molecule has 0 fully saturated rings. The van der Waals surface area contributed by atoms with E-state index < -0.39 is 0 Å². The second-order valence-corrected chi connectivity index (χ2v) is 4.26. The fourth-order valence-corrected chi connectivity index (χ4v) is 1.99. The largest absolute Gasteiger partial charge is 0.493 e. The molecule has 0 atom stereocenters. The molecule has 0 radical (unpaired) electrons. The van der Waals surface area contributed by atoms with E-state index in [1.165, 1.54) is 0 Å². The maximum atomic E-state index is 5.84. The number of methoxy groups -OCH3 is 1. The van der Waals surface area contributed by atoms with E-state index in [0.717, 1.165) is 29.0 Å². The lowest BCUT2D eigenvalue weighted by molar-refractivity contribution is 0.283. The van der Waals surface area contributed by atoms with Crippen LogP contribution >= 0.6 is 0 Å². The van der Waals surface area contributed by atoms with Gasteiger partial charge in [0.15, 0.2) is 11.5 Å². The van der Waals surface area contributed by atoms with Crippen LogP contribution in [0.1, 0.15) is 11.1 Å². The third-order valence-electron chi connectivity index (χ3n) is 2.92. The van der Waals surface area contributed by atoms with Gasteiger partial charge >= 0.3 is 0 Å². The highest BCUT2D eigenvalue weighted by molar-refractivity contribution is 5.46. The smallest absolute Gasteiger partial charge is 0.163 e. The van der Waals surface area contributed by atoms with Crippen LogP contribution in [-0.2, 0) is 13.0 Å². The Hall–Kier alpha value is -2.00. The highest BCUT2D eigenvalue weighted by Gasteiger charge is 2.09. The molecule has 0 aliphatic heterocycles. The standard InChI is InChI=1S/C16H19NO2/c1-18-16-14(10-11-17)8-5-9-15(16)19-12-13-6-3-2-4-7-13/h2-9H,10-12,17H2,1H3. The molecule has 2 aromatic carbocycles. The Kier molecular flexibility index (Phi) is 4.81. The van der Waals surface area contributed by atoms with Gasteiger partial charge in [-0.25, -0.2) is 0 Å². The average Bonchev–Trinajstić information content (AvgIpc) is 2.46. The van der Waals surface area contributed by atoms with Gasteiger partial charge in [-0.2, -0.15) is 0 Å². The molecule has 3 heteroatoms. The van der Waals surface area contributed by atoms with Crippen LogP contribution in [0, 0.1) is 0 Å². The molecule has 19 heavy (non-hydrogen) atoms. The van der Waals surface area contributed by atoms with Gasteiger partial charge in [-0.1, -0.05) is 42.5 Å². The van der Waals surface area contributed by atoms with Crippen molar-refractivity contribution in [1.82, 2.24) is 0 Å². The molecule has 0 aromatic heterocycles. The van der Waals surface area contributed by atoms with Crippen LogP contribution in [0.25, 0.3) is 0 Å². The fourth-order valence-electron chi connectivity index (χ4n) is 1.99. The predicted octanol–water partition coefficient (Wildman–Crippen LogP) is 2.78. The molecule has 100 valence electrons. The minimum absolute atomic E-state index is 0.531. The summed E-state index contributed by atoms with van der Waals surface area (Å²) in [4.78, 5) is 0. The van der Waals surface area contributed by atoms with Crippen molar-refractivity contribution < 1.29 is 9.47 Å². The number of ether oxygens (including phenoxy) is 2. The molecule has 0 spiro atoms. The van der Waals surface area contributed by atoms with Crippen molar-refractivity contribution in [2.45, 2.75) is 13.0 Å². The van der Waals surface area contributed by atoms with E-state index in [4.69, 9.17) is 15.2 Å². The summed E-state index contributed by atoms with van der Waals surface area (Å²) >= 11 is 0. The molecular formula is C16H19NO2. The lowest BCUT2D eigenvalue weighted by Crippen LogP contribution is -2.05. The van der Waals surface area contributed by atoms with Crippen LogP contribution in [0.5, 0.6) is 11.5 Å². The van der Waals surface area contributed by atoms with Crippen LogP contribution in [0.3, 0.4) is 0 Å². The van der Waals surface area contributed by atoms with E-state index in [9.17, 15) is 0 Å². The van der Waals surface area contributed by atoms with E-state index in [2.05, 4.69) is 0 Å². The molecule has 0 bridgehead atoms. The van der Waals surface area contributed by atoms with Crippen molar-refractivity contribution in [3.63, 3.8) is 0 Å². The van der Waals surface area contributed by atoms with Crippen LogP contribution in [0.15, 0.2) is 48.5 Å². The summed E-state index contributed by atoms with van der Waals surface area (Å²) in [5.74, 6) is 1.54. The Morgan fingerprint density at radius 1 is 1.00 bits per heavy atom. The first-order valence-electron chi connectivity index (χ1n) is 6.38. The molecule has 2 N–H and O–H groups in total. The number of para-hydroxylation sites is 1. The summed E-state index contributed by atoms with van der Waals surface area (Å²) in [5.41, 5.74) is 7.82. The molecule has 2 rings (SSSR count). The fraction of sp³-hybridized carbons (Fsp3) is 0.250. The summed E-state index contributed by atoms with van der Waals surface area (Å²) in [6.07, 6.45) is 0.783. The summed E-state index contributed by atoms with van der Waals surface area (Å²) < 4.78 is 11.3. The molecule has 0 unspecified atom stereocenters. The molecule has 0 saturated heterocycles. The second-order valence-electron chi connectivity index (χ2n) is 4.26. The molecule has 0 saturated carbocycles. The Labute approximate surface area is 114 Å². The molecule has 0 amide bonds.